The third-order valence-corrected chi connectivity index (χ3v) is 3.04. The average molecular weight is 476 g/mol. The van der Waals surface area contributed by atoms with Crippen LogP contribution in [0.4, 0.5) is 0 Å². The summed E-state index contributed by atoms with van der Waals surface area (Å²) in [4.78, 5) is 28.1. The first-order chi connectivity index (χ1) is 13.3. The predicted molar refractivity (Wildman–Crippen MR) is 126 cm³/mol. The van der Waals surface area contributed by atoms with Gasteiger partial charge in [-0.2, -0.15) is 6.92 Å². The predicted octanol–water partition coefficient (Wildman–Crippen LogP) is 1.36. The number of pyridine rings is 1. The molecule has 0 saturated carbocycles. The fourth-order valence-corrected chi connectivity index (χ4v) is 2.02. The molecule has 1 heterocycles. The van der Waals surface area contributed by atoms with E-state index in [0.29, 0.717) is 12.1 Å². The first-order valence-electron chi connectivity index (χ1n) is 10.1. The van der Waals surface area contributed by atoms with E-state index in [9.17, 15) is 0 Å². The zero-order valence-corrected chi connectivity index (χ0v) is 25.3. The summed E-state index contributed by atoms with van der Waals surface area (Å²) in [6.45, 7) is 27.7. The largest absolute Gasteiger partial charge is 1.00 e. The summed E-state index contributed by atoms with van der Waals surface area (Å²) in [7, 11) is -4.64. The third kappa shape index (κ3) is 51.5. The Morgan fingerprint density at radius 2 is 1.20 bits per heavy atom. The molecule has 0 amide bonds. The van der Waals surface area contributed by atoms with Crippen LogP contribution in [0.25, 0.3) is 0 Å². The van der Waals surface area contributed by atoms with Gasteiger partial charge in [-0.1, -0.05) is 54.5 Å². The van der Waals surface area contributed by atoms with Gasteiger partial charge in [0.25, 0.3) is 0 Å². The monoisotopic (exact) mass is 475 g/mol. The standard InChI is InChI=1S/C7H9N.2C6H15N.C2H5.K.H3O4P/c1-6-4-3-5-7(2)8-6;1-5(2)7-6(3)4;1-4-7(5-2)6-3;1-2;;1-5(2,3)4/h3-5H,1-2H3;5-7H,1-4H3;4-6H2,1-3H3;1H2,2H3;;(H3,1,2,3,4)/q;;;-1;+1;. The molecule has 0 aromatic carbocycles. The number of aryl methyl sites for hydroxylation is 2. The van der Waals surface area contributed by atoms with Gasteiger partial charge in [-0.15, -0.1) is 0 Å². The number of hydrogen-bond donors (Lipinski definition) is 4. The van der Waals surface area contributed by atoms with Crippen molar-refractivity contribution in [3.8, 4) is 0 Å². The number of nitrogens with zero attached hydrogens (tertiary/aromatic N) is 2. The van der Waals surface area contributed by atoms with Crippen LogP contribution in [-0.4, -0.2) is 56.3 Å². The third-order valence-electron chi connectivity index (χ3n) is 3.04. The quantitative estimate of drug-likeness (QED) is 0.289. The van der Waals surface area contributed by atoms with Crippen LogP contribution in [-0.2, 0) is 4.57 Å². The minimum atomic E-state index is -4.64. The van der Waals surface area contributed by atoms with E-state index in [2.05, 4.69) is 70.6 Å². The van der Waals surface area contributed by atoms with Crippen molar-refractivity contribution >= 4 is 7.82 Å². The molecule has 176 valence electrons. The number of phosphoric acid groups is 1. The van der Waals surface area contributed by atoms with Gasteiger partial charge in [-0.25, -0.2) is 4.57 Å². The molecule has 4 N–H and O–H groups in total. The van der Waals surface area contributed by atoms with Crippen LogP contribution >= 0.6 is 7.82 Å². The van der Waals surface area contributed by atoms with Gasteiger partial charge in [0, 0.05) is 23.5 Å². The Morgan fingerprint density at radius 1 is 0.933 bits per heavy atom. The van der Waals surface area contributed by atoms with E-state index in [1.807, 2.05) is 32.0 Å². The van der Waals surface area contributed by atoms with Crippen molar-refractivity contribution in [1.82, 2.24) is 15.2 Å². The Labute approximate surface area is 229 Å². The SMILES string of the molecule is CC(C)NC(C)C.CCN(CC)CC.Cc1cccc(C)n1.O=P(O)(O)O.[CH2-]C.[K+]. The summed E-state index contributed by atoms with van der Waals surface area (Å²) in [5.41, 5.74) is 2.18. The summed E-state index contributed by atoms with van der Waals surface area (Å²) in [6, 6.07) is 7.25. The summed E-state index contributed by atoms with van der Waals surface area (Å²) < 4.78 is 8.88. The molecule has 0 saturated heterocycles. The summed E-state index contributed by atoms with van der Waals surface area (Å²) in [6.07, 6.45) is 0. The van der Waals surface area contributed by atoms with Gasteiger partial charge >= 0.3 is 59.2 Å². The second-order valence-corrected chi connectivity index (χ2v) is 7.56. The smallest absolute Gasteiger partial charge is 0.346 e. The first kappa shape index (κ1) is 41.1. The van der Waals surface area contributed by atoms with E-state index in [1.54, 1.807) is 6.92 Å². The normalized spacial score (nSPS) is 9.63. The van der Waals surface area contributed by atoms with Gasteiger partial charge in [0.1, 0.15) is 0 Å². The van der Waals surface area contributed by atoms with Crippen molar-refractivity contribution < 1.29 is 70.6 Å². The zero-order chi connectivity index (χ0) is 24.0. The van der Waals surface area contributed by atoms with Crippen molar-refractivity contribution in [2.24, 2.45) is 0 Å². The van der Waals surface area contributed by atoms with E-state index in [4.69, 9.17) is 19.2 Å². The van der Waals surface area contributed by atoms with Crippen LogP contribution in [0.2, 0.25) is 0 Å². The van der Waals surface area contributed by atoms with E-state index in [-0.39, 0.29) is 51.4 Å². The molecule has 0 radical (unpaired) electrons. The Hall–Kier alpha value is 0.816. The number of hydrogen-bond acceptors (Lipinski definition) is 4. The van der Waals surface area contributed by atoms with Gasteiger partial charge in [0.05, 0.1) is 0 Å². The maximum Gasteiger partial charge on any atom is 1.00 e. The van der Waals surface area contributed by atoms with Crippen molar-refractivity contribution in [3.05, 3.63) is 36.5 Å². The van der Waals surface area contributed by atoms with Crippen molar-refractivity contribution in [1.29, 1.82) is 0 Å². The van der Waals surface area contributed by atoms with E-state index >= 15 is 0 Å². The Morgan fingerprint density at radius 3 is 1.27 bits per heavy atom. The average Bonchev–Trinajstić information content (AvgIpc) is 2.56. The molecule has 0 fully saturated rings. The van der Waals surface area contributed by atoms with Gasteiger partial charge in [-0.3, -0.25) is 4.98 Å². The minimum absolute atomic E-state index is 0. The summed E-state index contributed by atoms with van der Waals surface area (Å²) in [5, 5.41) is 3.31. The molecule has 0 aliphatic rings. The fraction of sp³-hybridized carbons (Fsp3) is 0.714. The van der Waals surface area contributed by atoms with E-state index in [1.165, 1.54) is 19.6 Å². The van der Waals surface area contributed by atoms with E-state index < -0.39 is 7.82 Å². The molecular formula is C21H47KN3O4P. The van der Waals surface area contributed by atoms with Crippen LogP contribution in [0.15, 0.2) is 18.2 Å². The van der Waals surface area contributed by atoms with Crippen molar-refractivity contribution in [3.63, 3.8) is 0 Å². The van der Waals surface area contributed by atoms with Gasteiger partial charge in [0.2, 0.25) is 0 Å². The molecule has 0 unspecified atom stereocenters. The van der Waals surface area contributed by atoms with Crippen LogP contribution in [0, 0.1) is 20.8 Å². The Kier molecular flexibility index (Phi) is 38.2. The van der Waals surface area contributed by atoms with Crippen LogP contribution < -0.4 is 56.7 Å². The molecule has 1 aromatic rings. The molecule has 1 aromatic heterocycles. The second-order valence-electron chi connectivity index (χ2n) is 6.53. The number of aromatic nitrogens is 1. The van der Waals surface area contributed by atoms with Crippen molar-refractivity contribution in [2.75, 3.05) is 19.6 Å². The number of rotatable bonds is 5. The molecule has 0 aliphatic heterocycles. The molecule has 0 spiro atoms. The van der Waals surface area contributed by atoms with Crippen LogP contribution in [0.5, 0.6) is 0 Å². The maximum atomic E-state index is 8.88. The minimum Gasteiger partial charge on any atom is -0.346 e. The molecular weight excluding hydrogens is 428 g/mol. The van der Waals surface area contributed by atoms with E-state index in [0.717, 1.165) is 11.4 Å². The Balaban J connectivity index is -0.0000000901. The first-order valence-corrected chi connectivity index (χ1v) is 11.7. The topological polar surface area (TPSA) is 106 Å². The molecule has 0 atom stereocenters. The Bertz CT molecular complexity index is 460. The molecule has 30 heavy (non-hydrogen) atoms. The van der Waals surface area contributed by atoms with Crippen LogP contribution in [0.3, 0.4) is 0 Å². The fourth-order valence-electron chi connectivity index (χ4n) is 2.02. The number of nitrogens with one attached hydrogen (secondary N) is 1. The maximum absolute atomic E-state index is 8.88. The molecule has 0 aliphatic carbocycles. The van der Waals surface area contributed by atoms with Crippen LogP contribution in [0.1, 0.15) is 66.8 Å². The van der Waals surface area contributed by atoms with Gasteiger partial charge in [-0.05, 0) is 45.6 Å². The summed E-state index contributed by atoms with van der Waals surface area (Å²) >= 11 is 0. The molecule has 7 nitrogen and oxygen atoms in total. The summed E-state index contributed by atoms with van der Waals surface area (Å²) in [5.74, 6) is 0. The zero-order valence-electron chi connectivity index (χ0n) is 21.3. The van der Waals surface area contributed by atoms with Gasteiger partial charge in [0.15, 0.2) is 0 Å². The molecule has 0 bridgehead atoms. The second kappa shape index (κ2) is 27.8. The molecule has 9 heteroatoms. The van der Waals surface area contributed by atoms with Crippen molar-refractivity contribution in [2.45, 2.75) is 81.3 Å². The van der Waals surface area contributed by atoms with Gasteiger partial charge < -0.3 is 31.8 Å². The molecule has 1 rings (SSSR count).